The van der Waals surface area contributed by atoms with E-state index in [1.165, 1.54) is 6.42 Å². The molecule has 0 aliphatic heterocycles. The van der Waals surface area contributed by atoms with Gasteiger partial charge in [0.25, 0.3) is 0 Å². The summed E-state index contributed by atoms with van der Waals surface area (Å²) in [6.07, 6.45) is 3.97. The van der Waals surface area contributed by atoms with Crippen LogP contribution in [-0.2, 0) is 0 Å². The van der Waals surface area contributed by atoms with Gasteiger partial charge in [-0.2, -0.15) is 0 Å². The van der Waals surface area contributed by atoms with Gasteiger partial charge in [0.05, 0.1) is 12.1 Å². The van der Waals surface area contributed by atoms with Gasteiger partial charge in [0.15, 0.2) is 0 Å². The van der Waals surface area contributed by atoms with E-state index in [-0.39, 0.29) is 18.0 Å². The highest BCUT2D eigenvalue weighted by Crippen LogP contribution is 2.27. The number of benzene rings is 1. The third-order valence-corrected chi connectivity index (χ3v) is 4.10. The molecule has 1 aliphatic rings. The van der Waals surface area contributed by atoms with Crippen molar-refractivity contribution in [2.24, 2.45) is 5.73 Å². The molecular weight excluding hydrogens is 238 g/mol. The first-order valence-electron chi connectivity index (χ1n) is 6.86. The van der Waals surface area contributed by atoms with E-state index in [1.54, 1.807) is 0 Å². The summed E-state index contributed by atoms with van der Waals surface area (Å²) in [6.45, 7) is 1.96. The van der Waals surface area contributed by atoms with E-state index in [2.05, 4.69) is 4.90 Å². The number of rotatable bonds is 3. The van der Waals surface area contributed by atoms with Crippen LogP contribution in [0.2, 0.25) is 0 Å². The largest absolute Gasteiger partial charge is 0.391 e. The third kappa shape index (κ3) is 2.89. The van der Waals surface area contributed by atoms with E-state index < -0.39 is 0 Å². The van der Waals surface area contributed by atoms with Crippen molar-refractivity contribution in [1.29, 1.82) is 5.41 Å². The summed E-state index contributed by atoms with van der Waals surface area (Å²) in [5.41, 5.74) is 8.39. The van der Waals surface area contributed by atoms with Gasteiger partial charge in [-0.15, -0.1) is 0 Å². The molecule has 19 heavy (non-hydrogen) atoms. The van der Waals surface area contributed by atoms with Crippen LogP contribution in [0.4, 0.5) is 5.69 Å². The summed E-state index contributed by atoms with van der Waals surface area (Å²) in [7, 11) is 2.03. The number of amidine groups is 1. The van der Waals surface area contributed by atoms with Gasteiger partial charge in [0.2, 0.25) is 0 Å². The molecule has 104 valence electrons. The molecule has 2 atom stereocenters. The van der Waals surface area contributed by atoms with Crippen molar-refractivity contribution >= 4 is 11.5 Å². The summed E-state index contributed by atoms with van der Waals surface area (Å²) < 4.78 is 0. The van der Waals surface area contributed by atoms with Gasteiger partial charge in [0, 0.05) is 18.3 Å². The molecule has 0 radical (unpaired) electrons. The molecule has 4 nitrogen and oxygen atoms in total. The van der Waals surface area contributed by atoms with E-state index in [1.807, 2.05) is 32.2 Å². The number of nitrogens with two attached hydrogens (primary N) is 1. The highest BCUT2D eigenvalue weighted by molar-refractivity contribution is 5.96. The first-order valence-corrected chi connectivity index (χ1v) is 6.86. The summed E-state index contributed by atoms with van der Waals surface area (Å²) in [5.74, 6) is 0.101. The smallest absolute Gasteiger partial charge is 0.123 e. The van der Waals surface area contributed by atoms with Gasteiger partial charge >= 0.3 is 0 Å². The molecule has 0 bridgehead atoms. The maximum absolute atomic E-state index is 10.1. The van der Waals surface area contributed by atoms with Gasteiger partial charge in [-0.05, 0) is 43.5 Å². The number of nitrogens with zero attached hydrogens (tertiary/aromatic N) is 1. The molecule has 1 aliphatic carbocycles. The number of hydrogen-bond donors (Lipinski definition) is 3. The molecule has 1 saturated carbocycles. The second-order valence-corrected chi connectivity index (χ2v) is 5.44. The third-order valence-electron chi connectivity index (χ3n) is 4.10. The lowest BCUT2D eigenvalue weighted by molar-refractivity contribution is 0.106. The Kier molecular flexibility index (Phi) is 4.10. The van der Waals surface area contributed by atoms with Crippen LogP contribution in [0.5, 0.6) is 0 Å². The first-order chi connectivity index (χ1) is 9.00. The molecule has 1 aromatic carbocycles. The Hall–Kier alpha value is -1.55. The molecule has 0 spiro atoms. The highest BCUT2D eigenvalue weighted by Gasteiger charge is 2.26. The number of anilines is 1. The summed E-state index contributed by atoms with van der Waals surface area (Å²) in [4.78, 5) is 2.15. The summed E-state index contributed by atoms with van der Waals surface area (Å²) in [5, 5.41) is 17.6. The number of aliphatic hydroxyl groups is 1. The van der Waals surface area contributed by atoms with Crippen molar-refractivity contribution < 1.29 is 5.11 Å². The lowest BCUT2D eigenvalue weighted by Gasteiger charge is -2.36. The fourth-order valence-electron chi connectivity index (χ4n) is 2.90. The first kappa shape index (κ1) is 13.9. The second-order valence-electron chi connectivity index (χ2n) is 5.44. The Balaban J connectivity index is 2.21. The van der Waals surface area contributed by atoms with Gasteiger partial charge in [-0.3, -0.25) is 5.41 Å². The lowest BCUT2D eigenvalue weighted by atomic mass is 9.91. The minimum absolute atomic E-state index is 0.101. The quantitative estimate of drug-likeness (QED) is 0.575. The average Bonchev–Trinajstić information content (AvgIpc) is 2.38. The van der Waals surface area contributed by atoms with Crippen molar-refractivity contribution in [3.63, 3.8) is 0 Å². The van der Waals surface area contributed by atoms with Gasteiger partial charge in [-0.25, -0.2) is 0 Å². The monoisotopic (exact) mass is 261 g/mol. The second kappa shape index (κ2) is 5.61. The number of hydrogen-bond acceptors (Lipinski definition) is 3. The van der Waals surface area contributed by atoms with Crippen molar-refractivity contribution in [3.05, 3.63) is 29.3 Å². The number of likely N-dealkylation sites (N-methyl/N-ethyl adjacent to an activating group) is 1. The van der Waals surface area contributed by atoms with Crippen LogP contribution in [0.3, 0.4) is 0 Å². The zero-order valence-corrected chi connectivity index (χ0v) is 11.7. The number of aliphatic hydroxyl groups excluding tert-OH is 1. The highest BCUT2D eigenvalue weighted by atomic mass is 16.3. The molecule has 1 fully saturated rings. The van der Waals surface area contributed by atoms with Crippen LogP contribution in [-0.4, -0.2) is 30.1 Å². The minimum atomic E-state index is -0.244. The Morgan fingerprint density at radius 1 is 1.37 bits per heavy atom. The van der Waals surface area contributed by atoms with Crippen LogP contribution in [0.1, 0.15) is 36.8 Å². The molecule has 0 aromatic heterocycles. The van der Waals surface area contributed by atoms with Crippen LogP contribution in [0.25, 0.3) is 0 Å². The van der Waals surface area contributed by atoms with Gasteiger partial charge in [0.1, 0.15) is 5.84 Å². The molecule has 0 heterocycles. The molecule has 0 amide bonds. The van der Waals surface area contributed by atoms with E-state index in [0.29, 0.717) is 0 Å². The Morgan fingerprint density at radius 2 is 2.05 bits per heavy atom. The predicted molar refractivity (Wildman–Crippen MR) is 78.9 cm³/mol. The van der Waals surface area contributed by atoms with Crippen molar-refractivity contribution in [3.8, 4) is 0 Å². The number of nitrogens with one attached hydrogen (secondary N) is 1. The minimum Gasteiger partial charge on any atom is -0.391 e. The maximum atomic E-state index is 10.1. The summed E-state index contributed by atoms with van der Waals surface area (Å²) >= 11 is 0. The predicted octanol–water partition coefficient (Wildman–Crippen LogP) is 2.02. The van der Waals surface area contributed by atoms with E-state index >= 15 is 0 Å². The summed E-state index contributed by atoms with van der Waals surface area (Å²) in [6, 6.07) is 6.10. The molecule has 4 heteroatoms. The van der Waals surface area contributed by atoms with Crippen molar-refractivity contribution in [1.82, 2.24) is 0 Å². The Labute approximate surface area is 114 Å². The molecular formula is C15H23N3O. The van der Waals surface area contributed by atoms with Gasteiger partial charge < -0.3 is 15.7 Å². The van der Waals surface area contributed by atoms with Crippen LogP contribution in [0.15, 0.2) is 18.2 Å². The lowest BCUT2D eigenvalue weighted by Crippen LogP contribution is -2.43. The van der Waals surface area contributed by atoms with E-state index in [0.717, 1.165) is 36.1 Å². The molecule has 4 N–H and O–H groups in total. The SMILES string of the molecule is Cc1cc(N(C)C2CCCCC2O)ccc1C(=N)N. The standard InChI is InChI=1S/C15H23N3O/c1-10-9-11(7-8-12(10)15(16)17)18(2)13-5-3-4-6-14(13)19/h7-9,13-14,19H,3-6H2,1-2H3,(H3,16,17). The fourth-order valence-corrected chi connectivity index (χ4v) is 2.90. The average molecular weight is 261 g/mol. The van der Waals surface area contributed by atoms with Crippen LogP contribution >= 0.6 is 0 Å². The fraction of sp³-hybridized carbons (Fsp3) is 0.533. The number of nitrogen functional groups attached to an aromatic ring is 1. The Bertz CT molecular complexity index is 472. The van der Waals surface area contributed by atoms with Crippen LogP contribution < -0.4 is 10.6 Å². The van der Waals surface area contributed by atoms with E-state index in [9.17, 15) is 5.11 Å². The van der Waals surface area contributed by atoms with Gasteiger partial charge in [-0.1, -0.05) is 12.8 Å². The molecule has 2 unspecified atom stereocenters. The normalized spacial score (nSPS) is 23.1. The zero-order chi connectivity index (χ0) is 14.0. The maximum Gasteiger partial charge on any atom is 0.123 e. The number of aryl methyl sites for hydroxylation is 1. The molecule has 2 rings (SSSR count). The van der Waals surface area contributed by atoms with Crippen molar-refractivity contribution in [2.75, 3.05) is 11.9 Å². The van der Waals surface area contributed by atoms with Crippen molar-refractivity contribution in [2.45, 2.75) is 44.8 Å². The van der Waals surface area contributed by atoms with E-state index in [4.69, 9.17) is 11.1 Å². The molecule has 0 saturated heterocycles. The topological polar surface area (TPSA) is 73.3 Å². The van der Waals surface area contributed by atoms with Crippen LogP contribution in [0, 0.1) is 12.3 Å². The molecule has 1 aromatic rings. The zero-order valence-electron chi connectivity index (χ0n) is 11.7. The Morgan fingerprint density at radius 3 is 2.63 bits per heavy atom.